The number of hydrogen-bond acceptors (Lipinski definition) is 3. The number of rotatable bonds is 4. The van der Waals surface area contributed by atoms with Crippen molar-refractivity contribution < 1.29 is 14.3 Å². The van der Waals surface area contributed by atoms with Gasteiger partial charge in [-0.05, 0) is 25.1 Å². The molecule has 0 aliphatic carbocycles. The molecule has 0 spiro atoms. The van der Waals surface area contributed by atoms with Gasteiger partial charge in [-0.1, -0.05) is 17.7 Å². The highest BCUT2D eigenvalue weighted by Gasteiger charge is 2.13. The van der Waals surface area contributed by atoms with Gasteiger partial charge >= 0.3 is 5.97 Å². The van der Waals surface area contributed by atoms with Gasteiger partial charge in [-0.2, -0.15) is 0 Å². The smallest absolute Gasteiger partial charge is 0.307 e. The summed E-state index contributed by atoms with van der Waals surface area (Å²) < 4.78 is 4.52. The molecule has 1 rings (SSSR count). The van der Waals surface area contributed by atoms with Gasteiger partial charge in [0.15, 0.2) is 0 Å². The van der Waals surface area contributed by atoms with Crippen molar-refractivity contribution in [2.45, 2.75) is 19.4 Å². The van der Waals surface area contributed by atoms with E-state index in [-0.39, 0.29) is 24.3 Å². The summed E-state index contributed by atoms with van der Waals surface area (Å²) in [5, 5.41) is 3.19. The lowest BCUT2D eigenvalue weighted by atomic mass is 10.2. The minimum atomic E-state index is -0.358. The van der Waals surface area contributed by atoms with Gasteiger partial charge in [-0.25, -0.2) is 0 Å². The minimum absolute atomic E-state index is 0.142. The van der Waals surface area contributed by atoms with E-state index in [9.17, 15) is 9.59 Å². The molecule has 0 fully saturated rings. The van der Waals surface area contributed by atoms with Crippen LogP contribution in [0.25, 0.3) is 0 Å². The molecule has 1 aromatic rings. The Morgan fingerprint density at radius 2 is 2.18 bits per heavy atom. The van der Waals surface area contributed by atoms with Crippen molar-refractivity contribution in [3.63, 3.8) is 0 Å². The van der Waals surface area contributed by atoms with E-state index in [0.29, 0.717) is 10.6 Å². The molecule has 92 valence electrons. The maximum atomic E-state index is 11.8. The standard InChI is InChI=1S/C12H14ClNO3/c1-8(6-11(15)17-2)14-12(16)9-4-3-5-10(13)7-9/h3-5,7-8H,6H2,1-2H3,(H,14,16). The van der Waals surface area contributed by atoms with Gasteiger partial charge in [0.25, 0.3) is 5.91 Å². The average molecular weight is 256 g/mol. The number of hydrogen-bond donors (Lipinski definition) is 1. The Morgan fingerprint density at radius 3 is 2.76 bits per heavy atom. The first-order valence-electron chi connectivity index (χ1n) is 5.16. The van der Waals surface area contributed by atoms with E-state index in [1.54, 1.807) is 31.2 Å². The zero-order valence-electron chi connectivity index (χ0n) is 9.70. The first-order chi connectivity index (χ1) is 8.02. The van der Waals surface area contributed by atoms with Crippen LogP contribution in [0.1, 0.15) is 23.7 Å². The van der Waals surface area contributed by atoms with Crippen molar-refractivity contribution >= 4 is 23.5 Å². The lowest BCUT2D eigenvalue weighted by molar-refractivity contribution is -0.141. The Morgan fingerprint density at radius 1 is 1.47 bits per heavy atom. The molecule has 0 aliphatic rings. The molecule has 0 saturated heterocycles. The van der Waals surface area contributed by atoms with E-state index in [0.717, 1.165) is 0 Å². The fourth-order valence-electron chi connectivity index (χ4n) is 1.32. The summed E-state index contributed by atoms with van der Waals surface area (Å²) in [4.78, 5) is 22.8. The molecule has 17 heavy (non-hydrogen) atoms. The Kier molecular flexibility index (Phi) is 4.97. The zero-order valence-corrected chi connectivity index (χ0v) is 10.5. The quantitative estimate of drug-likeness (QED) is 0.838. The zero-order chi connectivity index (χ0) is 12.8. The van der Waals surface area contributed by atoms with Crippen LogP contribution in [-0.2, 0) is 9.53 Å². The number of nitrogens with one attached hydrogen (secondary N) is 1. The second-order valence-electron chi connectivity index (χ2n) is 3.67. The molecule has 5 heteroatoms. The highest BCUT2D eigenvalue weighted by molar-refractivity contribution is 6.30. The highest BCUT2D eigenvalue weighted by atomic mass is 35.5. The van der Waals surface area contributed by atoms with E-state index in [1.165, 1.54) is 7.11 Å². The second-order valence-corrected chi connectivity index (χ2v) is 4.10. The van der Waals surface area contributed by atoms with Crippen LogP contribution in [0.2, 0.25) is 5.02 Å². The number of carbonyl (C=O) groups is 2. The van der Waals surface area contributed by atoms with Crippen LogP contribution >= 0.6 is 11.6 Å². The monoisotopic (exact) mass is 255 g/mol. The summed E-state index contributed by atoms with van der Waals surface area (Å²) in [7, 11) is 1.31. The molecule has 0 bridgehead atoms. The second kappa shape index (κ2) is 6.25. The lowest BCUT2D eigenvalue weighted by Gasteiger charge is -2.12. The molecule has 4 nitrogen and oxygen atoms in total. The fourth-order valence-corrected chi connectivity index (χ4v) is 1.51. The first-order valence-corrected chi connectivity index (χ1v) is 5.54. The van der Waals surface area contributed by atoms with Crippen LogP contribution in [0.15, 0.2) is 24.3 Å². The van der Waals surface area contributed by atoms with Crippen molar-refractivity contribution in [1.29, 1.82) is 0 Å². The van der Waals surface area contributed by atoms with Crippen molar-refractivity contribution in [1.82, 2.24) is 5.32 Å². The molecule has 0 saturated carbocycles. The number of amides is 1. The number of halogens is 1. The molecule has 0 radical (unpaired) electrons. The average Bonchev–Trinajstić information content (AvgIpc) is 2.28. The number of methoxy groups -OCH3 is 1. The number of benzene rings is 1. The van der Waals surface area contributed by atoms with Gasteiger partial charge in [0, 0.05) is 16.6 Å². The molecule has 1 unspecified atom stereocenters. The van der Waals surface area contributed by atoms with E-state index < -0.39 is 0 Å². The predicted octanol–water partition coefficient (Wildman–Crippen LogP) is 2.02. The molecule has 0 aromatic heterocycles. The van der Waals surface area contributed by atoms with Gasteiger partial charge < -0.3 is 10.1 Å². The molecule has 1 N–H and O–H groups in total. The van der Waals surface area contributed by atoms with E-state index in [2.05, 4.69) is 10.1 Å². The first kappa shape index (κ1) is 13.5. The molecule has 0 aliphatic heterocycles. The van der Waals surface area contributed by atoms with Crippen molar-refractivity contribution in [3.05, 3.63) is 34.9 Å². The SMILES string of the molecule is COC(=O)CC(C)NC(=O)c1cccc(Cl)c1. The normalized spacial score (nSPS) is 11.7. The summed E-state index contributed by atoms with van der Waals surface area (Å²) >= 11 is 5.78. The van der Waals surface area contributed by atoms with Crippen molar-refractivity contribution in [2.75, 3.05) is 7.11 Å². The summed E-state index contributed by atoms with van der Waals surface area (Å²) in [5.41, 5.74) is 0.467. The van der Waals surface area contributed by atoms with Crippen LogP contribution in [0.4, 0.5) is 0 Å². The van der Waals surface area contributed by atoms with Gasteiger partial charge in [0.05, 0.1) is 13.5 Å². The molecule has 1 amide bonds. The summed E-state index contributed by atoms with van der Waals surface area (Å²) in [6, 6.07) is 6.33. The third-order valence-corrected chi connectivity index (χ3v) is 2.40. The van der Waals surface area contributed by atoms with Crippen LogP contribution in [0, 0.1) is 0 Å². The van der Waals surface area contributed by atoms with Crippen molar-refractivity contribution in [3.8, 4) is 0 Å². The molecule has 0 heterocycles. The van der Waals surface area contributed by atoms with Gasteiger partial charge in [0.1, 0.15) is 0 Å². The van der Waals surface area contributed by atoms with E-state index in [4.69, 9.17) is 11.6 Å². The Bertz CT molecular complexity index is 420. The van der Waals surface area contributed by atoms with Gasteiger partial charge in [-0.15, -0.1) is 0 Å². The van der Waals surface area contributed by atoms with Crippen LogP contribution in [0.5, 0.6) is 0 Å². The van der Waals surface area contributed by atoms with E-state index in [1.807, 2.05) is 0 Å². The van der Waals surface area contributed by atoms with E-state index >= 15 is 0 Å². The minimum Gasteiger partial charge on any atom is -0.469 e. The summed E-state index contributed by atoms with van der Waals surface area (Å²) in [6.45, 7) is 1.74. The van der Waals surface area contributed by atoms with Gasteiger partial charge in [0.2, 0.25) is 0 Å². The van der Waals surface area contributed by atoms with Crippen LogP contribution in [0.3, 0.4) is 0 Å². The number of carbonyl (C=O) groups excluding carboxylic acids is 2. The Labute approximate surface area is 105 Å². The molecular weight excluding hydrogens is 242 g/mol. The Balaban J connectivity index is 2.57. The summed E-state index contributed by atoms with van der Waals surface area (Å²) in [5.74, 6) is -0.618. The number of ether oxygens (including phenoxy) is 1. The molecule has 1 aromatic carbocycles. The number of esters is 1. The topological polar surface area (TPSA) is 55.4 Å². The lowest BCUT2D eigenvalue weighted by Crippen LogP contribution is -2.34. The Hall–Kier alpha value is -1.55. The molecular formula is C12H14ClNO3. The fraction of sp³-hybridized carbons (Fsp3) is 0.333. The maximum absolute atomic E-state index is 11.8. The largest absolute Gasteiger partial charge is 0.469 e. The third-order valence-electron chi connectivity index (χ3n) is 2.16. The van der Waals surface area contributed by atoms with Crippen LogP contribution < -0.4 is 5.32 Å². The molecule has 1 atom stereocenters. The third kappa shape index (κ3) is 4.44. The predicted molar refractivity (Wildman–Crippen MR) is 65.0 cm³/mol. The summed E-state index contributed by atoms with van der Waals surface area (Å²) in [6.07, 6.45) is 0.142. The van der Waals surface area contributed by atoms with Gasteiger partial charge in [-0.3, -0.25) is 9.59 Å². The maximum Gasteiger partial charge on any atom is 0.307 e. The highest BCUT2D eigenvalue weighted by Crippen LogP contribution is 2.10. The van der Waals surface area contributed by atoms with Crippen LogP contribution in [-0.4, -0.2) is 25.0 Å². The van der Waals surface area contributed by atoms with Crippen molar-refractivity contribution in [2.24, 2.45) is 0 Å².